The predicted molar refractivity (Wildman–Crippen MR) is 123 cm³/mol. The summed E-state index contributed by atoms with van der Waals surface area (Å²) < 4.78 is 134. The summed E-state index contributed by atoms with van der Waals surface area (Å²) in [6, 6.07) is -0.545. The Morgan fingerprint density at radius 3 is 2.17 bits per heavy atom. The number of pyridine rings is 2. The number of rotatable bonds is 6. The van der Waals surface area contributed by atoms with Gasteiger partial charge in [-0.15, -0.1) is 0 Å². The van der Waals surface area contributed by atoms with Gasteiger partial charge in [-0.3, -0.25) is 9.78 Å². The van der Waals surface area contributed by atoms with Crippen molar-refractivity contribution in [1.82, 2.24) is 29.6 Å². The van der Waals surface area contributed by atoms with Gasteiger partial charge in [0, 0.05) is 48.2 Å². The normalized spacial score (nSPS) is 20.3. The van der Waals surface area contributed by atoms with Crippen LogP contribution < -0.4 is 5.32 Å². The first-order chi connectivity index (χ1) is 19.0. The number of carbonyl (C=O) groups excluding carboxylic acids is 1. The van der Waals surface area contributed by atoms with E-state index in [0.29, 0.717) is 10.5 Å². The number of hydrogen-bond acceptors (Lipinski definition) is 7. The highest BCUT2D eigenvalue weighted by Gasteiger charge is 2.49. The molecule has 3 atom stereocenters. The Kier molecular flexibility index (Phi) is 8.01. The van der Waals surface area contributed by atoms with Crippen LogP contribution in [0.1, 0.15) is 30.4 Å². The SMILES string of the molecule is C[C@H]1[C@H](F)C[C@@H](C(=O)NCc2cc(-c3cnc(C(F)(F)F)nc3)cnc2C(F)(F)F)N1S(=O)(=O)c1ccc(F)cn1. The van der Waals surface area contributed by atoms with Gasteiger partial charge in [0.15, 0.2) is 5.03 Å². The molecule has 1 fully saturated rings. The lowest BCUT2D eigenvalue weighted by Gasteiger charge is -2.26. The molecule has 4 heterocycles. The molecule has 1 saturated heterocycles. The molecular formula is C23H18F8N6O3S. The van der Waals surface area contributed by atoms with Crippen LogP contribution in [0.5, 0.6) is 0 Å². The fourth-order valence-electron chi connectivity index (χ4n) is 4.17. The van der Waals surface area contributed by atoms with Crippen LogP contribution in [-0.4, -0.2) is 56.8 Å². The van der Waals surface area contributed by atoms with Crippen molar-refractivity contribution in [3.05, 3.63) is 65.9 Å². The molecule has 3 aromatic heterocycles. The lowest BCUT2D eigenvalue weighted by molar-refractivity contribution is -0.145. The zero-order valence-corrected chi connectivity index (χ0v) is 21.4. The van der Waals surface area contributed by atoms with E-state index in [2.05, 4.69) is 25.3 Å². The summed E-state index contributed by atoms with van der Waals surface area (Å²) in [6.07, 6.45) is -9.50. The Balaban J connectivity index is 1.61. The summed E-state index contributed by atoms with van der Waals surface area (Å²) in [4.78, 5) is 26.1. The molecule has 1 aliphatic heterocycles. The van der Waals surface area contributed by atoms with Gasteiger partial charge in [0.1, 0.15) is 23.7 Å². The number of sulfonamides is 1. The number of aromatic nitrogens is 4. The highest BCUT2D eigenvalue weighted by atomic mass is 32.2. The summed E-state index contributed by atoms with van der Waals surface area (Å²) in [5.41, 5.74) is -2.28. The molecular weight excluding hydrogens is 592 g/mol. The molecule has 41 heavy (non-hydrogen) atoms. The molecule has 0 aromatic carbocycles. The van der Waals surface area contributed by atoms with E-state index in [9.17, 15) is 48.3 Å². The topological polar surface area (TPSA) is 118 Å². The second-order valence-electron chi connectivity index (χ2n) is 8.90. The van der Waals surface area contributed by atoms with E-state index >= 15 is 0 Å². The number of nitrogens with zero attached hydrogens (tertiary/aromatic N) is 5. The Hall–Kier alpha value is -3.80. The zero-order chi connectivity index (χ0) is 30.3. The van der Waals surface area contributed by atoms with E-state index in [1.807, 2.05) is 0 Å². The Morgan fingerprint density at radius 1 is 0.976 bits per heavy atom. The van der Waals surface area contributed by atoms with E-state index in [4.69, 9.17) is 0 Å². The first kappa shape index (κ1) is 30.2. The van der Waals surface area contributed by atoms with Gasteiger partial charge >= 0.3 is 12.4 Å². The quantitative estimate of drug-likeness (QED) is 0.421. The average molecular weight is 610 g/mol. The van der Waals surface area contributed by atoms with Gasteiger partial charge in [-0.25, -0.2) is 32.2 Å². The van der Waals surface area contributed by atoms with Crippen LogP contribution in [0, 0.1) is 5.82 Å². The summed E-state index contributed by atoms with van der Waals surface area (Å²) in [5, 5.41) is 1.48. The third-order valence-corrected chi connectivity index (χ3v) is 8.06. The third kappa shape index (κ3) is 6.27. The molecule has 4 rings (SSSR count). The van der Waals surface area contributed by atoms with Gasteiger partial charge in [0.2, 0.25) is 11.7 Å². The third-order valence-electron chi connectivity index (χ3n) is 6.15. The predicted octanol–water partition coefficient (Wildman–Crippen LogP) is 3.92. The van der Waals surface area contributed by atoms with Crippen molar-refractivity contribution in [2.24, 2.45) is 0 Å². The highest BCUT2D eigenvalue weighted by Crippen LogP contribution is 2.35. The first-order valence-electron chi connectivity index (χ1n) is 11.5. The van der Waals surface area contributed by atoms with Crippen molar-refractivity contribution in [2.75, 3.05) is 0 Å². The van der Waals surface area contributed by atoms with Crippen molar-refractivity contribution in [2.45, 2.75) is 55.5 Å². The Bertz CT molecular complexity index is 1530. The fourth-order valence-corrected chi connectivity index (χ4v) is 5.90. The summed E-state index contributed by atoms with van der Waals surface area (Å²) in [6.45, 7) is 0.320. The number of amides is 1. The maximum absolute atomic E-state index is 14.6. The van der Waals surface area contributed by atoms with Crippen molar-refractivity contribution in [3.63, 3.8) is 0 Å². The zero-order valence-electron chi connectivity index (χ0n) is 20.6. The number of halogens is 8. The van der Waals surface area contributed by atoms with Gasteiger partial charge < -0.3 is 5.32 Å². The number of nitrogens with one attached hydrogen (secondary N) is 1. The molecule has 1 N–H and O–H groups in total. The standard InChI is InChI=1S/C23H18F8N6O3S/c1-11-16(25)5-17(37(11)41(39,40)18-3-2-15(24)10-32-18)20(38)34-7-13-4-12(6-33-19(13)22(26,27)28)14-8-35-21(36-9-14)23(29,30)31/h2-4,6,8-11,16-17H,5,7H2,1H3,(H,34,38)/t11-,16+,17-/m0/s1. The van der Waals surface area contributed by atoms with E-state index in [1.54, 1.807) is 0 Å². The van der Waals surface area contributed by atoms with Gasteiger partial charge in [-0.2, -0.15) is 30.6 Å². The highest BCUT2D eigenvalue weighted by molar-refractivity contribution is 7.89. The van der Waals surface area contributed by atoms with Gasteiger partial charge in [0.05, 0.1) is 12.2 Å². The molecule has 0 spiro atoms. The molecule has 0 bridgehead atoms. The largest absolute Gasteiger partial charge is 0.451 e. The minimum Gasteiger partial charge on any atom is -0.351 e. The Morgan fingerprint density at radius 2 is 1.61 bits per heavy atom. The average Bonchev–Trinajstić information content (AvgIpc) is 3.21. The smallest absolute Gasteiger partial charge is 0.351 e. The molecule has 1 amide bonds. The van der Waals surface area contributed by atoms with Gasteiger partial charge in [-0.1, -0.05) is 0 Å². The molecule has 0 aliphatic carbocycles. The van der Waals surface area contributed by atoms with Gasteiger partial charge in [-0.05, 0) is 25.1 Å². The monoisotopic (exact) mass is 610 g/mol. The molecule has 3 aromatic rings. The van der Waals surface area contributed by atoms with Crippen LogP contribution in [-0.2, 0) is 33.7 Å². The van der Waals surface area contributed by atoms with Crippen LogP contribution in [0.25, 0.3) is 11.1 Å². The lowest BCUT2D eigenvalue weighted by Crippen LogP contribution is -2.48. The molecule has 0 saturated carbocycles. The van der Waals surface area contributed by atoms with Crippen molar-refractivity contribution >= 4 is 15.9 Å². The summed E-state index contributed by atoms with van der Waals surface area (Å²) >= 11 is 0. The van der Waals surface area contributed by atoms with Crippen molar-refractivity contribution in [3.8, 4) is 11.1 Å². The summed E-state index contributed by atoms with van der Waals surface area (Å²) in [5.74, 6) is -3.46. The van der Waals surface area contributed by atoms with Gasteiger partial charge in [0.25, 0.3) is 10.0 Å². The van der Waals surface area contributed by atoms with Crippen LogP contribution in [0.3, 0.4) is 0 Å². The van der Waals surface area contributed by atoms with E-state index in [-0.39, 0.29) is 11.1 Å². The number of carbonyl (C=O) groups is 1. The molecule has 0 radical (unpaired) electrons. The molecule has 18 heteroatoms. The van der Waals surface area contributed by atoms with Crippen LogP contribution in [0.15, 0.2) is 48.0 Å². The fraction of sp³-hybridized carbons (Fsp3) is 0.348. The number of hydrogen-bond donors (Lipinski definition) is 1. The first-order valence-corrected chi connectivity index (χ1v) is 13.0. The second kappa shape index (κ2) is 10.9. The van der Waals surface area contributed by atoms with Crippen LogP contribution >= 0.6 is 0 Å². The lowest BCUT2D eigenvalue weighted by atomic mass is 10.1. The van der Waals surface area contributed by atoms with Crippen molar-refractivity contribution in [1.29, 1.82) is 0 Å². The Labute approximate surface area is 226 Å². The van der Waals surface area contributed by atoms with Crippen LogP contribution in [0.4, 0.5) is 35.1 Å². The molecule has 1 aliphatic rings. The second-order valence-corrected chi connectivity index (χ2v) is 10.7. The van der Waals surface area contributed by atoms with Crippen molar-refractivity contribution < 1.29 is 48.3 Å². The minimum absolute atomic E-state index is 0.110. The molecule has 0 unspecified atom stereocenters. The molecule has 220 valence electrons. The van der Waals surface area contributed by atoms with Crippen LogP contribution in [0.2, 0.25) is 0 Å². The molecule has 9 nitrogen and oxygen atoms in total. The number of alkyl halides is 7. The van der Waals surface area contributed by atoms with E-state index in [0.717, 1.165) is 36.8 Å². The summed E-state index contributed by atoms with van der Waals surface area (Å²) in [7, 11) is -4.63. The van der Waals surface area contributed by atoms with E-state index in [1.165, 1.54) is 6.92 Å². The minimum atomic E-state index is -5.01. The maximum Gasteiger partial charge on any atom is 0.451 e. The van der Waals surface area contributed by atoms with E-state index < -0.39 is 87.4 Å². The maximum atomic E-state index is 14.6.